The molecule has 0 spiro atoms. The lowest BCUT2D eigenvalue weighted by molar-refractivity contribution is -0.168. The van der Waals surface area contributed by atoms with Crippen LogP contribution in [0.25, 0.3) is 0 Å². The number of esters is 1. The van der Waals surface area contributed by atoms with E-state index in [2.05, 4.69) is 4.57 Å². The molecular formula is C27H30ClNO5. The molecule has 7 rings (SSSR count). The number of ether oxygens (including phenoxy) is 3. The number of nitrogens with zero attached hydrogens (tertiary/aromatic N) is 1. The summed E-state index contributed by atoms with van der Waals surface area (Å²) in [4.78, 5) is 26.0. The van der Waals surface area contributed by atoms with Crippen LogP contribution in [0.5, 0.6) is 11.5 Å². The maximum absolute atomic E-state index is 13.2. The highest BCUT2D eigenvalue weighted by molar-refractivity contribution is 6.24. The summed E-state index contributed by atoms with van der Waals surface area (Å²) in [7, 11) is 0. The van der Waals surface area contributed by atoms with Crippen molar-refractivity contribution in [2.45, 2.75) is 63.8 Å². The molecule has 6 nitrogen and oxygen atoms in total. The zero-order valence-corrected chi connectivity index (χ0v) is 20.5. The highest BCUT2D eigenvalue weighted by Crippen LogP contribution is 2.64. The lowest BCUT2D eigenvalue weighted by Crippen LogP contribution is -2.56. The predicted molar refractivity (Wildman–Crippen MR) is 127 cm³/mol. The number of fused-ring (bicyclic) bond motifs is 1. The van der Waals surface area contributed by atoms with E-state index in [0.717, 1.165) is 54.1 Å². The van der Waals surface area contributed by atoms with Crippen molar-refractivity contribution in [3.05, 3.63) is 46.8 Å². The average Bonchev–Trinajstić information content (AvgIpc) is 3.35. The molecule has 4 bridgehead atoms. The molecule has 0 N–H and O–H groups in total. The highest BCUT2D eigenvalue weighted by Gasteiger charge is 2.60. The van der Waals surface area contributed by atoms with E-state index in [9.17, 15) is 9.59 Å². The van der Waals surface area contributed by atoms with Crippen LogP contribution in [0.2, 0.25) is 0 Å². The second-order valence-electron chi connectivity index (χ2n) is 11.0. The topological polar surface area (TPSA) is 66.8 Å². The quantitative estimate of drug-likeness (QED) is 0.321. The number of benzene rings is 1. The van der Waals surface area contributed by atoms with E-state index in [-0.39, 0.29) is 30.0 Å². The van der Waals surface area contributed by atoms with Crippen molar-refractivity contribution in [2.24, 2.45) is 17.3 Å². The van der Waals surface area contributed by atoms with Gasteiger partial charge in [-0.2, -0.15) is 0 Å². The molecule has 7 heteroatoms. The van der Waals surface area contributed by atoms with Crippen molar-refractivity contribution in [3.8, 4) is 11.5 Å². The van der Waals surface area contributed by atoms with Crippen LogP contribution in [0.4, 0.5) is 0 Å². The Labute approximate surface area is 204 Å². The molecule has 0 saturated heterocycles. The van der Waals surface area contributed by atoms with Crippen LogP contribution >= 0.6 is 11.6 Å². The van der Waals surface area contributed by atoms with Crippen LogP contribution in [-0.2, 0) is 16.1 Å². The molecule has 4 saturated carbocycles. The van der Waals surface area contributed by atoms with Crippen molar-refractivity contribution in [3.63, 3.8) is 0 Å². The molecule has 1 aromatic carbocycles. The SMILES string of the molecule is Cc1cc(C(=O)COC(=O)C23C[C@@H]4C[C@@H](CC(Cl)(C4)C2)C3)c(C)n1Cc1ccc2c(c1)OCO2. The first-order valence-corrected chi connectivity index (χ1v) is 12.6. The lowest BCUT2D eigenvalue weighted by Gasteiger charge is -2.58. The Kier molecular flexibility index (Phi) is 5.03. The summed E-state index contributed by atoms with van der Waals surface area (Å²) in [6.07, 6.45) is 5.59. The first-order chi connectivity index (χ1) is 16.2. The number of Topliss-reactive ketones (excluding diaryl/α,β-unsaturated/α-hetero) is 1. The van der Waals surface area contributed by atoms with Gasteiger partial charge < -0.3 is 18.8 Å². The van der Waals surface area contributed by atoms with E-state index in [1.807, 2.05) is 38.1 Å². The number of aromatic nitrogens is 1. The van der Waals surface area contributed by atoms with Crippen molar-refractivity contribution >= 4 is 23.4 Å². The van der Waals surface area contributed by atoms with E-state index < -0.39 is 5.41 Å². The fourth-order valence-electron chi connectivity index (χ4n) is 7.30. The van der Waals surface area contributed by atoms with Crippen LogP contribution < -0.4 is 9.47 Å². The molecule has 1 aromatic heterocycles. The molecule has 1 aliphatic heterocycles. The Hall–Kier alpha value is -2.47. The zero-order chi connectivity index (χ0) is 23.7. The Morgan fingerprint density at radius 1 is 1.09 bits per heavy atom. The first-order valence-electron chi connectivity index (χ1n) is 12.2. The number of rotatable bonds is 6. The summed E-state index contributed by atoms with van der Waals surface area (Å²) >= 11 is 6.87. The maximum atomic E-state index is 13.2. The number of ketones is 1. The number of hydrogen-bond acceptors (Lipinski definition) is 5. The zero-order valence-electron chi connectivity index (χ0n) is 19.7. The Balaban J connectivity index is 1.14. The molecule has 4 atom stereocenters. The third-order valence-electron chi connectivity index (χ3n) is 8.41. The average molecular weight is 484 g/mol. The van der Waals surface area contributed by atoms with Crippen LogP contribution in [0.1, 0.15) is 65.8 Å². The van der Waals surface area contributed by atoms with Gasteiger partial charge in [0.05, 0.1) is 5.41 Å². The number of halogens is 1. The molecule has 34 heavy (non-hydrogen) atoms. The largest absolute Gasteiger partial charge is 0.457 e. The number of carbonyl (C=O) groups is 2. The molecule has 5 aliphatic rings. The molecule has 4 fully saturated rings. The van der Waals surface area contributed by atoms with Gasteiger partial charge in [-0.1, -0.05) is 6.07 Å². The Morgan fingerprint density at radius 3 is 2.56 bits per heavy atom. The third kappa shape index (κ3) is 3.62. The standard InChI is InChI=1S/C27H30ClNO5/c1-16-5-21(17(2)29(16)12-18-3-4-23-24(7-18)34-15-33-23)22(30)13-32-25(31)26-8-19-6-20(9-26)11-27(28,10-19)14-26/h3-5,7,19-20H,6,8-15H2,1-2H3/t19-,20+,26?,27?. The van der Waals surface area contributed by atoms with Crippen molar-refractivity contribution < 1.29 is 23.8 Å². The molecule has 2 unspecified atom stereocenters. The number of aryl methyl sites for hydroxylation is 1. The van der Waals surface area contributed by atoms with Gasteiger partial charge >= 0.3 is 5.97 Å². The Bertz CT molecular complexity index is 1170. The van der Waals surface area contributed by atoms with E-state index in [0.29, 0.717) is 30.4 Å². The predicted octanol–water partition coefficient (Wildman–Crippen LogP) is 5.19. The third-order valence-corrected chi connectivity index (χ3v) is 8.85. The van der Waals surface area contributed by atoms with Crippen LogP contribution in [-0.4, -0.2) is 34.6 Å². The molecule has 0 radical (unpaired) electrons. The van der Waals surface area contributed by atoms with Gasteiger partial charge in [0.25, 0.3) is 0 Å². The summed E-state index contributed by atoms with van der Waals surface area (Å²) in [6.45, 7) is 4.56. The second-order valence-corrected chi connectivity index (χ2v) is 11.8. The monoisotopic (exact) mass is 483 g/mol. The number of hydrogen-bond donors (Lipinski definition) is 0. The smallest absolute Gasteiger partial charge is 0.312 e. The summed E-state index contributed by atoms with van der Waals surface area (Å²) in [6, 6.07) is 7.77. The minimum Gasteiger partial charge on any atom is -0.457 e. The second kappa shape index (κ2) is 7.77. The molecule has 180 valence electrons. The van der Waals surface area contributed by atoms with Gasteiger partial charge in [0.1, 0.15) is 0 Å². The van der Waals surface area contributed by atoms with E-state index in [4.69, 9.17) is 25.8 Å². The number of alkyl halides is 1. The highest BCUT2D eigenvalue weighted by atomic mass is 35.5. The van der Waals surface area contributed by atoms with Crippen molar-refractivity contribution in [1.29, 1.82) is 0 Å². The van der Waals surface area contributed by atoms with Gasteiger partial charge in [0, 0.05) is 28.4 Å². The van der Waals surface area contributed by atoms with Gasteiger partial charge in [-0.15, -0.1) is 11.6 Å². The molecular weight excluding hydrogens is 454 g/mol. The summed E-state index contributed by atoms with van der Waals surface area (Å²) < 4.78 is 18.7. The van der Waals surface area contributed by atoms with Crippen molar-refractivity contribution in [2.75, 3.05) is 13.4 Å². The fourth-order valence-corrected chi connectivity index (χ4v) is 7.99. The van der Waals surface area contributed by atoms with Gasteiger partial charge in [0.2, 0.25) is 12.6 Å². The Morgan fingerprint density at radius 2 is 1.82 bits per heavy atom. The van der Waals surface area contributed by atoms with Crippen LogP contribution in [0, 0.1) is 31.1 Å². The van der Waals surface area contributed by atoms with Gasteiger partial charge in [-0.3, -0.25) is 9.59 Å². The lowest BCUT2D eigenvalue weighted by atomic mass is 9.49. The van der Waals surface area contributed by atoms with E-state index in [1.165, 1.54) is 6.42 Å². The molecule has 4 aliphatic carbocycles. The van der Waals surface area contributed by atoms with Crippen LogP contribution in [0.3, 0.4) is 0 Å². The summed E-state index contributed by atoms with van der Waals surface area (Å²) in [5, 5.41) is 0. The minimum absolute atomic E-state index is 0.163. The molecule has 2 heterocycles. The van der Waals surface area contributed by atoms with E-state index in [1.54, 1.807) is 0 Å². The fraction of sp³-hybridized carbons (Fsp3) is 0.556. The summed E-state index contributed by atoms with van der Waals surface area (Å²) in [5.74, 6) is 2.13. The minimum atomic E-state index is -0.498. The normalized spacial score (nSPS) is 30.6. The van der Waals surface area contributed by atoms with Gasteiger partial charge in [0.15, 0.2) is 18.1 Å². The first kappa shape index (κ1) is 22.0. The maximum Gasteiger partial charge on any atom is 0.312 e. The van der Waals surface area contributed by atoms with E-state index >= 15 is 0 Å². The molecule has 0 amide bonds. The number of carbonyl (C=O) groups excluding carboxylic acids is 2. The van der Waals surface area contributed by atoms with Gasteiger partial charge in [-0.25, -0.2) is 0 Å². The molecule has 2 aromatic rings. The van der Waals surface area contributed by atoms with Crippen molar-refractivity contribution in [1.82, 2.24) is 4.57 Å². The van der Waals surface area contributed by atoms with Gasteiger partial charge in [-0.05, 0) is 88.0 Å². The van der Waals surface area contributed by atoms with Crippen LogP contribution in [0.15, 0.2) is 24.3 Å². The summed E-state index contributed by atoms with van der Waals surface area (Å²) in [5.41, 5.74) is 3.02.